The quantitative estimate of drug-likeness (QED) is 0.934. The molecule has 0 radical (unpaired) electrons. The van der Waals surface area contributed by atoms with Crippen molar-refractivity contribution in [3.63, 3.8) is 0 Å². The first-order valence-corrected chi connectivity index (χ1v) is 7.96. The van der Waals surface area contributed by atoms with E-state index in [1.54, 1.807) is 0 Å². The van der Waals surface area contributed by atoms with Crippen LogP contribution < -0.4 is 0 Å². The minimum Gasteiger partial charge on any atom is -0.344 e. The van der Waals surface area contributed by atoms with Crippen LogP contribution in [-0.2, 0) is 26.4 Å². The largest absolute Gasteiger partial charge is 0.344 e. The van der Waals surface area contributed by atoms with Crippen LogP contribution in [0.15, 0.2) is 6.20 Å². The van der Waals surface area contributed by atoms with E-state index in [0.29, 0.717) is 6.04 Å². The lowest BCUT2D eigenvalue weighted by Crippen LogP contribution is -2.24. The molecule has 2 aromatic heterocycles. The molecule has 3 heterocycles. The average Bonchev–Trinajstić information content (AvgIpc) is 3.19. The molecular formula is C15H22N6. The van der Waals surface area contributed by atoms with Crippen molar-refractivity contribution in [1.82, 2.24) is 29.9 Å². The molecule has 0 spiro atoms. The highest BCUT2D eigenvalue weighted by Gasteiger charge is 2.30. The predicted octanol–water partition coefficient (Wildman–Crippen LogP) is 1.75. The Kier molecular flexibility index (Phi) is 3.25. The summed E-state index contributed by atoms with van der Waals surface area (Å²) in [5.41, 5.74) is 3.86. The number of aryl methyl sites for hydroxylation is 3. The molecule has 0 bridgehead atoms. The molecule has 21 heavy (non-hydrogen) atoms. The molecule has 1 unspecified atom stereocenters. The van der Waals surface area contributed by atoms with Crippen molar-refractivity contribution < 1.29 is 0 Å². The Labute approximate surface area is 124 Å². The van der Waals surface area contributed by atoms with E-state index >= 15 is 0 Å². The summed E-state index contributed by atoms with van der Waals surface area (Å²) in [7, 11) is 1.96. The van der Waals surface area contributed by atoms with Gasteiger partial charge in [-0.25, -0.2) is 4.98 Å². The molecule has 6 heteroatoms. The smallest absolute Gasteiger partial charge is 0.124 e. The number of nitrogens with zero attached hydrogens (tertiary/aromatic N) is 5. The molecule has 0 amide bonds. The normalized spacial score (nSPS) is 22.6. The van der Waals surface area contributed by atoms with Crippen LogP contribution >= 0.6 is 0 Å². The first kappa shape index (κ1) is 13.0. The Morgan fingerprint density at radius 3 is 3.00 bits per heavy atom. The van der Waals surface area contributed by atoms with Gasteiger partial charge in [0.2, 0.25) is 0 Å². The highest BCUT2D eigenvalue weighted by Crippen LogP contribution is 2.33. The number of imidazole rings is 1. The van der Waals surface area contributed by atoms with Crippen LogP contribution in [0.5, 0.6) is 0 Å². The molecule has 1 fully saturated rings. The summed E-state index contributed by atoms with van der Waals surface area (Å²) >= 11 is 0. The Balaban J connectivity index is 1.56. The van der Waals surface area contributed by atoms with Gasteiger partial charge in [0.1, 0.15) is 5.82 Å². The number of hydrogen-bond acceptors (Lipinski definition) is 4. The van der Waals surface area contributed by atoms with Crippen molar-refractivity contribution in [2.45, 2.75) is 51.1 Å². The topological polar surface area (TPSA) is 62.6 Å². The Morgan fingerprint density at radius 1 is 1.29 bits per heavy atom. The Morgan fingerprint density at radius 2 is 2.19 bits per heavy atom. The van der Waals surface area contributed by atoms with E-state index in [1.165, 1.54) is 55.0 Å². The zero-order valence-corrected chi connectivity index (χ0v) is 12.5. The molecule has 1 N–H and O–H groups in total. The van der Waals surface area contributed by atoms with Crippen molar-refractivity contribution in [1.29, 1.82) is 0 Å². The van der Waals surface area contributed by atoms with Crippen LogP contribution in [0.4, 0.5) is 0 Å². The zero-order valence-electron chi connectivity index (χ0n) is 12.5. The minimum absolute atomic E-state index is 0.422. The van der Waals surface area contributed by atoms with Gasteiger partial charge in [-0.2, -0.15) is 0 Å². The molecule has 6 nitrogen and oxygen atoms in total. The lowest BCUT2D eigenvalue weighted by Gasteiger charge is -2.22. The molecule has 2 aliphatic rings. The van der Waals surface area contributed by atoms with Gasteiger partial charge >= 0.3 is 0 Å². The monoisotopic (exact) mass is 286 g/mol. The molecule has 0 aromatic carbocycles. The highest BCUT2D eigenvalue weighted by molar-refractivity contribution is 5.19. The second-order valence-corrected chi connectivity index (χ2v) is 6.23. The van der Waals surface area contributed by atoms with Gasteiger partial charge in [-0.3, -0.25) is 9.58 Å². The van der Waals surface area contributed by atoms with Crippen LogP contribution in [-0.4, -0.2) is 36.4 Å². The third-order valence-corrected chi connectivity index (χ3v) is 4.83. The number of aromatic amines is 1. The minimum atomic E-state index is 0.422. The van der Waals surface area contributed by atoms with E-state index in [0.717, 1.165) is 19.5 Å². The van der Waals surface area contributed by atoms with Gasteiger partial charge in [0, 0.05) is 19.3 Å². The molecule has 1 atom stereocenters. The third kappa shape index (κ3) is 2.37. The summed E-state index contributed by atoms with van der Waals surface area (Å²) in [5.74, 6) is 1.18. The number of likely N-dealkylation sites (tertiary alicyclic amines) is 1. The average molecular weight is 286 g/mol. The summed E-state index contributed by atoms with van der Waals surface area (Å²) < 4.78 is 1.86. The number of rotatable bonds is 3. The lowest BCUT2D eigenvalue weighted by atomic mass is 10.0. The third-order valence-electron chi connectivity index (χ3n) is 4.83. The van der Waals surface area contributed by atoms with E-state index in [1.807, 2.05) is 17.9 Å². The maximum absolute atomic E-state index is 4.90. The van der Waals surface area contributed by atoms with Crippen LogP contribution in [0.2, 0.25) is 0 Å². The lowest BCUT2D eigenvalue weighted by molar-refractivity contribution is 0.234. The van der Waals surface area contributed by atoms with Gasteiger partial charge in [0.15, 0.2) is 0 Å². The standard InChI is InChI=1S/C15H22N6/c1-20-11(9-16-19-20)10-21-8-4-7-14(21)15-17-12-5-2-3-6-13(12)18-15/h9,14H,2-8,10H2,1H3,(H,17,18). The number of fused-ring (bicyclic) bond motifs is 1. The fraction of sp³-hybridized carbons (Fsp3) is 0.667. The summed E-state index contributed by atoms with van der Waals surface area (Å²) in [6.45, 7) is 2.03. The number of aromatic nitrogens is 5. The zero-order chi connectivity index (χ0) is 14.2. The number of nitrogens with one attached hydrogen (secondary N) is 1. The Bertz CT molecular complexity index is 604. The van der Waals surface area contributed by atoms with E-state index in [4.69, 9.17) is 4.98 Å². The van der Waals surface area contributed by atoms with E-state index < -0.39 is 0 Å². The molecule has 1 aliphatic heterocycles. The first-order valence-electron chi connectivity index (χ1n) is 7.96. The summed E-state index contributed by atoms with van der Waals surface area (Å²) in [5, 5.41) is 8.00. The van der Waals surface area contributed by atoms with Crippen molar-refractivity contribution in [2.75, 3.05) is 6.54 Å². The molecule has 1 aliphatic carbocycles. The van der Waals surface area contributed by atoms with Crippen molar-refractivity contribution >= 4 is 0 Å². The fourth-order valence-corrected chi connectivity index (χ4v) is 3.62. The van der Waals surface area contributed by atoms with Crippen LogP contribution in [0, 0.1) is 0 Å². The van der Waals surface area contributed by atoms with Gasteiger partial charge in [-0.05, 0) is 45.1 Å². The predicted molar refractivity (Wildman–Crippen MR) is 78.6 cm³/mol. The fourth-order valence-electron chi connectivity index (χ4n) is 3.62. The first-order chi connectivity index (χ1) is 10.3. The SMILES string of the molecule is Cn1nncc1CN1CCCC1c1nc2c([nH]1)CCCC2. The Hall–Kier alpha value is -1.69. The number of H-pyrrole nitrogens is 1. The molecular weight excluding hydrogens is 264 g/mol. The van der Waals surface area contributed by atoms with E-state index in [-0.39, 0.29) is 0 Å². The van der Waals surface area contributed by atoms with Crippen molar-refractivity contribution in [2.24, 2.45) is 7.05 Å². The van der Waals surface area contributed by atoms with Crippen molar-refractivity contribution in [3.05, 3.63) is 29.1 Å². The maximum atomic E-state index is 4.90. The molecule has 0 saturated carbocycles. The molecule has 112 valence electrons. The van der Waals surface area contributed by atoms with Crippen molar-refractivity contribution in [3.8, 4) is 0 Å². The highest BCUT2D eigenvalue weighted by atomic mass is 15.4. The second kappa shape index (κ2) is 5.26. The van der Waals surface area contributed by atoms with Crippen LogP contribution in [0.3, 0.4) is 0 Å². The second-order valence-electron chi connectivity index (χ2n) is 6.23. The van der Waals surface area contributed by atoms with Gasteiger partial charge in [-0.1, -0.05) is 5.21 Å². The van der Waals surface area contributed by atoms with Gasteiger partial charge in [-0.15, -0.1) is 5.10 Å². The molecule has 4 rings (SSSR count). The van der Waals surface area contributed by atoms with Gasteiger partial charge < -0.3 is 4.98 Å². The van der Waals surface area contributed by atoms with Crippen LogP contribution in [0.25, 0.3) is 0 Å². The van der Waals surface area contributed by atoms with E-state index in [9.17, 15) is 0 Å². The van der Waals surface area contributed by atoms with Gasteiger partial charge in [0.25, 0.3) is 0 Å². The van der Waals surface area contributed by atoms with E-state index in [2.05, 4.69) is 20.2 Å². The maximum Gasteiger partial charge on any atom is 0.124 e. The summed E-state index contributed by atoms with van der Waals surface area (Å²) in [6.07, 6.45) is 9.18. The summed E-state index contributed by atoms with van der Waals surface area (Å²) in [4.78, 5) is 11.0. The summed E-state index contributed by atoms with van der Waals surface area (Å²) in [6, 6.07) is 0.422. The molecule has 1 saturated heterocycles. The van der Waals surface area contributed by atoms with Crippen LogP contribution in [0.1, 0.15) is 54.6 Å². The number of hydrogen-bond donors (Lipinski definition) is 1. The molecule has 2 aromatic rings. The van der Waals surface area contributed by atoms with Gasteiger partial charge in [0.05, 0.1) is 23.6 Å².